The van der Waals surface area contributed by atoms with Gasteiger partial charge in [0.2, 0.25) is 10.0 Å². The van der Waals surface area contributed by atoms with Crippen LogP contribution in [0.5, 0.6) is 0 Å². The largest absolute Gasteiger partial charge is 0.480 e. The lowest BCUT2D eigenvalue weighted by molar-refractivity contribution is -0.144. The number of hydrogen-bond donors (Lipinski definition) is 2. The summed E-state index contributed by atoms with van der Waals surface area (Å²) in [6.45, 7) is 5.13. The van der Waals surface area contributed by atoms with Crippen molar-refractivity contribution in [1.82, 2.24) is 4.72 Å². The summed E-state index contributed by atoms with van der Waals surface area (Å²) >= 11 is 3.20. The number of carbonyl (C=O) groups is 1. The normalized spacial score (nSPS) is 12.4. The molecular weight excluding hydrogens is 346 g/mol. The summed E-state index contributed by atoms with van der Waals surface area (Å²) in [4.78, 5) is 11.4. The van der Waals surface area contributed by atoms with Gasteiger partial charge in [0.05, 0.1) is 4.90 Å². The number of aliphatic carboxylic acids is 1. The molecule has 5 nitrogen and oxygen atoms in total. The molecule has 112 valence electrons. The zero-order valence-electron chi connectivity index (χ0n) is 11.6. The molecule has 1 aromatic carbocycles. The predicted octanol–water partition coefficient (Wildman–Crippen LogP) is 2.68. The van der Waals surface area contributed by atoms with Crippen molar-refractivity contribution in [2.24, 2.45) is 0 Å². The summed E-state index contributed by atoms with van der Waals surface area (Å²) in [6, 6.07) is 4.80. The molecule has 7 heteroatoms. The minimum absolute atomic E-state index is 0.0376. The summed E-state index contributed by atoms with van der Waals surface area (Å²) in [5.74, 6) is -1.17. The van der Waals surface area contributed by atoms with E-state index >= 15 is 0 Å². The number of benzene rings is 1. The molecule has 0 saturated heterocycles. The van der Waals surface area contributed by atoms with E-state index in [1.165, 1.54) is 6.07 Å². The Morgan fingerprint density at radius 1 is 1.35 bits per heavy atom. The summed E-state index contributed by atoms with van der Waals surface area (Å²) in [6.07, 6.45) is 0.336. The molecule has 0 saturated carbocycles. The van der Waals surface area contributed by atoms with Gasteiger partial charge in [-0.3, -0.25) is 4.79 Å². The SMILES string of the molecule is CCC(CC)(NS(=O)(=O)c1ccc(C)cc1Br)C(=O)O. The Labute approximate surface area is 127 Å². The summed E-state index contributed by atoms with van der Waals surface area (Å²) in [5.41, 5.74) is -0.574. The summed E-state index contributed by atoms with van der Waals surface area (Å²) in [7, 11) is -3.91. The van der Waals surface area contributed by atoms with Gasteiger partial charge in [-0.25, -0.2) is 8.42 Å². The first-order chi connectivity index (χ1) is 9.18. The number of hydrogen-bond acceptors (Lipinski definition) is 3. The first-order valence-corrected chi connectivity index (χ1v) is 8.49. The first-order valence-electron chi connectivity index (χ1n) is 6.22. The Bertz CT molecular complexity index is 609. The molecule has 0 bridgehead atoms. The highest BCUT2D eigenvalue weighted by atomic mass is 79.9. The van der Waals surface area contributed by atoms with Crippen molar-refractivity contribution in [2.45, 2.75) is 44.0 Å². The minimum atomic E-state index is -3.91. The molecule has 0 atom stereocenters. The Balaban J connectivity index is 3.27. The Morgan fingerprint density at radius 3 is 2.30 bits per heavy atom. The molecule has 2 N–H and O–H groups in total. The van der Waals surface area contributed by atoms with Crippen molar-refractivity contribution in [1.29, 1.82) is 0 Å². The van der Waals surface area contributed by atoms with Crippen LogP contribution < -0.4 is 4.72 Å². The van der Waals surface area contributed by atoms with Crippen LogP contribution in [0.3, 0.4) is 0 Å². The Kier molecular flexibility index (Phi) is 5.34. The molecule has 0 fully saturated rings. The van der Waals surface area contributed by atoms with Crippen LogP contribution >= 0.6 is 15.9 Å². The van der Waals surface area contributed by atoms with E-state index < -0.39 is 21.5 Å². The van der Waals surface area contributed by atoms with E-state index in [-0.39, 0.29) is 17.7 Å². The highest BCUT2D eigenvalue weighted by Gasteiger charge is 2.39. The molecule has 1 aromatic rings. The van der Waals surface area contributed by atoms with Crippen molar-refractivity contribution < 1.29 is 18.3 Å². The van der Waals surface area contributed by atoms with Crippen LogP contribution in [-0.2, 0) is 14.8 Å². The van der Waals surface area contributed by atoms with Gasteiger partial charge in [-0.05, 0) is 53.4 Å². The zero-order valence-corrected chi connectivity index (χ0v) is 14.0. The van der Waals surface area contributed by atoms with Crippen molar-refractivity contribution >= 4 is 31.9 Å². The van der Waals surface area contributed by atoms with Crippen LogP contribution in [-0.4, -0.2) is 25.0 Å². The summed E-state index contributed by atoms with van der Waals surface area (Å²) < 4.78 is 27.5. The van der Waals surface area contributed by atoms with Crippen LogP contribution in [0.1, 0.15) is 32.3 Å². The number of halogens is 1. The number of carboxylic acid groups (broad SMARTS) is 1. The maximum atomic E-state index is 12.4. The predicted molar refractivity (Wildman–Crippen MR) is 80.1 cm³/mol. The second-order valence-electron chi connectivity index (χ2n) is 4.63. The second kappa shape index (κ2) is 6.24. The number of rotatable bonds is 6. The maximum absolute atomic E-state index is 12.4. The molecule has 0 unspecified atom stereocenters. The Hall–Kier alpha value is -0.920. The van der Waals surface area contributed by atoms with Crippen LogP contribution in [0.25, 0.3) is 0 Å². The third kappa shape index (κ3) is 3.39. The van der Waals surface area contributed by atoms with E-state index in [0.717, 1.165) is 5.56 Å². The fourth-order valence-electron chi connectivity index (χ4n) is 1.88. The number of aryl methyl sites for hydroxylation is 1. The first kappa shape index (κ1) is 17.1. The number of nitrogens with one attached hydrogen (secondary N) is 1. The van der Waals surface area contributed by atoms with Gasteiger partial charge in [-0.15, -0.1) is 0 Å². The van der Waals surface area contributed by atoms with Gasteiger partial charge >= 0.3 is 5.97 Å². The number of sulfonamides is 1. The highest BCUT2D eigenvalue weighted by molar-refractivity contribution is 9.10. The number of carboxylic acids is 1. The van der Waals surface area contributed by atoms with E-state index in [2.05, 4.69) is 20.7 Å². The molecule has 20 heavy (non-hydrogen) atoms. The van der Waals surface area contributed by atoms with Gasteiger partial charge in [-0.2, -0.15) is 4.72 Å². The van der Waals surface area contributed by atoms with Crippen LogP contribution in [0, 0.1) is 6.92 Å². The van der Waals surface area contributed by atoms with Crippen LogP contribution in [0.2, 0.25) is 0 Å². The molecule has 0 spiro atoms. The van der Waals surface area contributed by atoms with Crippen molar-refractivity contribution in [3.63, 3.8) is 0 Å². The molecule has 1 rings (SSSR count). The van der Waals surface area contributed by atoms with Crippen LogP contribution in [0.15, 0.2) is 27.6 Å². The smallest absolute Gasteiger partial charge is 0.324 e. The lowest BCUT2D eigenvalue weighted by atomic mass is 9.95. The average molecular weight is 364 g/mol. The fourth-order valence-corrected chi connectivity index (χ4v) is 4.57. The van der Waals surface area contributed by atoms with Crippen molar-refractivity contribution in [3.8, 4) is 0 Å². The van der Waals surface area contributed by atoms with Crippen molar-refractivity contribution in [2.75, 3.05) is 0 Å². The van der Waals surface area contributed by atoms with E-state index in [1.54, 1.807) is 26.0 Å². The fraction of sp³-hybridized carbons (Fsp3) is 0.462. The topological polar surface area (TPSA) is 83.5 Å². The van der Waals surface area contributed by atoms with E-state index in [0.29, 0.717) is 4.47 Å². The molecule has 0 radical (unpaired) electrons. The maximum Gasteiger partial charge on any atom is 0.324 e. The van der Waals surface area contributed by atoms with E-state index in [4.69, 9.17) is 0 Å². The molecule has 0 aromatic heterocycles. The van der Waals surface area contributed by atoms with Gasteiger partial charge in [0, 0.05) is 4.47 Å². The molecule has 0 aliphatic heterocycles. The van der Waals surface area contributed by atoms with Crippen molar-refractivity contribution in [3.05, 3.63) is 28.2 Å². The molecule has 0 aliphatic carbocycles. The zero-order chi connectivity index (χ0) is 15.6. The van der Waals surface area contributed by atoms with Gasteiger partial charge in [-0.1, -0.05) is 19.9 Å². The molecule has 0 amide bonds. The third-order valence-electron chi connectivity index (χ3n) is 3.32. The van der Waals surface area contributed by atoms with Gasteiger partial charge in [0.15, 0.2) is 0 Å². The standard InChI is InChI=1S/C13H18BrNO4S/c1-4-13(5-2,12(16)17)15-20(18,19)11-7-6-9(3)8-10(11)14/h6-8,15H,4-5H2,1-3H3,(H,16,17). The lowest BCUT2D eigenvalue weighted by Gasteiger charge is -2.27. The molecular formula is C13H18BrNO4S. The van der Waals surface area contributed by atoms with Gasteiger partial charge in [0.25, 0.3) is 0 Å². The van der Waals surface area contributed by atoms with E-state index in [1.807, 2.05) is 6.92 Å². The summed E-state index contributed by atoms with van der Waals surface area (Å²) in [5, 5.41) is 9.31. The third-order valence-corrected chi connectivity index (χ3v) is 5.84. The van der Waals surface area contributed by atoms with Gasteiger partial charge < -0.3 is 5.11 Å². The quantitative estimate of drug-likeness (QED) is 0.813. The monoisotopic (exact) mass is 363 g/mol. The minimum Gasteiger partial charge on any atom is -0.480 e. The van der Waals surface area contributed by atoms with E-state index in [9.17, 15) is 18.3 Å². The Morgan fingerprint density at radius 2 is 1.90 bits per heavy atom. The average Bonchev–Trinajstić information content (AvgIpc) is 2.35. The molecule has 0 aliphatic rings. The van der Waals surface area contributed by atoms with Gasteiger partial charge in [0.1, 0.15) is 5.54 Å². The van der Waals surface area contributed by atoms with Crippen LogP contribution in [0.4, 0.5) is 0 Å². The highest BCUT2D eigenvalue weighted by Crippen LogP contribution is 2.26. The lowest BCUT2D eigenvalue weighted by Crippen LogP contribution is -2.53. The molecule has 0 heterocycles. The second-order valence-corrected chi connectivity index (χ2v) is 7.14.